The third-order valence-electron chi connectivity index (χ3n) is 3.49. The van der Waals surface area contributed by atoms with Crippen molar-refractivity contribution in [3.63, 3.8) is 0 Å². The van der Waals surface area contributed by atoms with Crippen LogP contribution in [0.15, 0.2) is 48.5 Å². The second-order valence-corrected chi connectivity index (χ2v) is 5.22. The first-order valence-electron chi connectivity index (χ1n) is 7.36. The van der Waals surface area contributed by atoms with Gasteiger partial charge < -0.3 is 10.2 Å². The highest BCUT2D eigenvalue weighted by molar-refractivity contribution is 5.95. The van der Waals surface area contributed by atoms with Crippen molar-refractivity contribution in [2.45, 2.75) is 13.8 Å². The van der Waals surface area contributed by atoms with E-state index in [1.807, 2.05) is 31.2 Å². The molecular weight excluding hydrogens is 295 g/mol. The van der Waals surface area contributed by atoms with Crippen LogP contribution < -0.4 is 10.2 Å². The Kier molecular flexibility index (Phi) is 5.46. The lowest BCUT2D eigenvalue weighted by atomic mass is 10.2. The van der Waals surface area contributed by atoms with Crippen LogP contribution in [0.2, 0.25) is 0 Å². The molecule has 0 spiro atoms. The molecule has 1 N–H and O–H groups in total. The number of hydrogen-bond donors (Lipinski definition) is 1. The molecule has 0 heterocycles. The molecule has 2 amide bonds. The predicted molar refractivity (Wildman–Crippen MR) is 87.9 cm³/mol. The van der Waals surface area contributed by atoms with E-state index in [0.29, 0.717) is 6.54 Å². The first-order valence-corrected chi connectivity index (χ1v) is 7.36. The zero-order chi connectivity index (χ0) is 16.8. The normalized spacial score (nSPS) is 10.2. The van der Waals surface area contributed by atoms with Crippen molar-refractivity contribution in [3.05, 3.63) is 65.5 Å². The van der Waals surface area contributed by atoms with E-state index in [-0.39, 0.29) is 23.9 Å². The van der Waals surface area contributed by atoms with E-state index in [2.05, 4.69) is 5.32 Å². The molecule has 0 aliphatic rings. The fourth-order valence-electron chi connectivity index (χ4n) is 2.33. The SMILES string of the molecule is CC(=O)N(CCNC(=O)c1cccc(F)c1)c1ccccc1C. The number of para-hydroxylation sites is 1. The van der Waals surface area contributed by atoms with Gasteiger partial charge in [-0.15, -0.1) is 0 Å². The lowest BCUT2D eigenvalue weighted by Crippen LogP contribution is -2.37. The van der Waals surface area contributed by atoms with Crippen LogP contribution in [0.4, 0.5) is 10.1 Å². The quantitative estimate of drug-likeness (QED) is 0.922. The number of nitrogens with one attached hydrogen (secondary N) is 1. The molecule has 0 saturated heterocycles. The Balaban J connectivity index is 1.99. The van der Waals surface area contributed by atoms with Crippen LogP contribution in [0.5, 0.6) is 0 Å². The first-order chi connectivity index (χ1) is 11.0. The van der Waals surface area contributed by atoms with Crippen molar-refractivity contribution in [3.8, 4) is 0 Å². The molecule has 0 aliphatic heterocycles. The smallest absolute Gasteiger partial charge is 0.251 e. The largest absolute Gasteiger partial charge is 0.350 e. The number of hydrogen-bond acceptors (Lipinski definition) is 2. The summed E-state index contributed by atoms with van der Waals surface area (Å²) < 4.78 is 13.1. The van der Waals surface area contributed by atoms with Crippen LogP contribution in [0.1, 0.15) is 22.8 Å². The van der Waals surface area contributed by atoms with Crippen LogP contribution in [0.25, 0.3) is 0 Å². The summed E-state index contributed by atoms with van der Waals surface area (Å²) in [5.41, 5.74) is 2.06. The maximum Gasteiger partial charge on any atom is 0.251 e. The summed E-state index contributed by atoms with van der Waals surface area (Å²) in [7, 11) is 0. The number of anilines is 1. The molecule has 4 nitrogen and oxygen atoms in total. The van der Waals surface area contributed by atoms with Gasteiger partial charge in [-0.25, -0.2) is 4.39 Å². The van der Waals surface area contributed by atoms with E-state index < -0.39 is 5.82 Å². The molecular formula is C18H19FN2O2. The maximum atomic E-state index is 13.1. The van der Waals surface area contributed by atoms with Gasteiger partial charge in [0.1, 0.15) is 5.82 Å². The number of halogens is 1. The summed E-state index contributed by atoms with van der Waals surface area (Å²) in [6.07, 6.45) is 0. The van der Waals surface area contributed by atoms with E-state index >= 15 is 0 Å². The lowest BCUT2D eigenvalue weighted by Gasteiger charge is -2.23. The zero-order valence-corrected chi connectivity index (χ0v) is 13.2. The van der Waals surface area contributed by atoms with Crippen molar-refractivity contribution in [1.29, 1.82) is 0 Å². The molecule has 0 atom stereocenters. The van der Waals surface area contributed by atoms with E-state index in [4.69, 9.17) is 0 Å². The summed E-state index contributed by atoms with van der Waals surface area (Å²) in [5.74, 6) is -0.917. The molecule has 23 heavy (non-hydrogen) atoms. The van der Waals surface area contributed by atoms with Crippen molar-refractivity contribution in [2.75, 3.05) is 18.0 Å². The lowest BCUT2D eigenvalue weighted by molar-refractivity contribution is -0.116. The van der Waals surface area contributed by atoms with E-state index in [1.165, 1.54) is 25.1 Å². The molecule has 2 rings (SSSR count). The van der Waals surface area contributed by atoms with E-state index in [1.54, 1.807) is 11.0 Å². The Bertz CT molecular complexity index is 716. The highest BCUT2D eigenvalue weighted by Crippen LogP contribution is 2.19. The third kappa shape index (κ3) is 4.39. The van der Waals surface area contributed by atoms with Crippen LogP contribution in [-0.4, -0.2) is 24.9 Å². The van der Waals surface area contributed by atoms with Crippen LogP contribution in [-0.2, 0) is 4.79 Å². The average molecular weight is 314 g/mol. The Morgan fingerprint density at radius 1 is 1.13 bits per heavy atom. The molecule has 0 unspecified atom stereocenters. The molecule has 0 aromatic heterocycles. The maximum absolute atomic E-state index is 13.1. The second-order valence-electron chi connectivity index (χ2n) is 5.22. The summed E-state index contributed by atoms with van der Waals surface area (Å²) in [4.78, 5) is 25.4. The zero-order valence-electron chi connectivity index (χ0n) is 13.2. The molecule has 0 fully saturated rings. The minimum atomic E-state index is -0.456. The summed E-state index contributed by atoms with van der Waals surface area (Å²) >= 11 is 0. The van der Waals surface area contributed by atoms with Gasteiger partial charge in [0.25, 0.3) is 5.91 Å². The van der Waals surface area contributed by atoms with Gasteiger partial charge in [0.15, 0.2) is 0 Å². The second kappa shape index (κ2) is 7.54. The van der Waals surface area contributed by atoms with Gasteiger partial charge in [0.2, 0.25) is 5.91 Å². The van der Waals surface area contributed by atoms with Gasteiger partial charge in [0, 0.05) is 31.3 Å². The van der Waals surface area contributed by atoms with Gasteiger partial charge in [0.05, 0.1) is 0 Å². The standard InChI is InChI=1S/C18H19FN2O2/c1-13-6-3-4-9-17(13)21(14(2)22)11-10-20-18(23)15-7-5-8-16(19)12-15/h3-9,12H,10-11H2,1-2H3,(H,20,23). The molecule has 0 aliphatic carbocycles. The monoisotopic (exact) mass is 314 g/mol. The fourth-order valence-corrected chi connectivity index (χ4v) is 2.33. The van der Waals surface area contributed by atoms with Gasteiger partial charge in [-0.3, -0.25) is 9.59 Å². The number of benzene rings is 2. The first kappa shape index (κ1) is 16.7. The summed E-state index contributed by atoms with van der Waals surface area (Å²) in [5, 5.41) is 2.70. The van der Waals surface area contributed by atoms with Crippen molar-refractivity contribution >= 4 is 17.5 Å². The molecule has 2 aromatic rings. The number of rotatable bonds is 5. The molecule has 2 aromatic carbocycles. The average Bonchev–Trinajstić information content (AvgIpc) is 2.52. The minimum absolute atomic E-state index is 0.0979. The van der Waals surface area contributed by atoms with Crippen LogP contribution >= 0.6 is 0 Å². The number of aryl methyl sites for hydroxylation is 1. The van der Waals surface area contributed by atoms with Crippen molar-refractivity contribution in [1.82, 2.24) is 5.32 Å². The number of carbonyl (C=O) groups excluding carboxylic acids is 2. The Labute approximate surface area is 134 Å². The van der Waals surface area contributed by atoms with Gasteiger partial charge in [-0.1, -0.05) is 24.3 Å². The number of amides is 2. The molecule has 120 valence electrons. The Morgan fingerprint density at radius 3 is 2.52 bits per heavy atom. The fraction of sp³-hybridized carbons (Fsp3) is 0.222. The summed E-state index contributed by atoms with van der Waals surface area (Å²) in [6.45, 7) is 4.04. The van der Waals surface area contributed by atoms with E-state index in [9.17, 15) is 14.0 Å². The molecule has 0 radical (unpaired) electrons. The topological polar surface area (TPSA) is 49.4 Å². The van der Waals surface area contributed by atoms with Gasteiger partial charge >= 0.3 is 0 Å². The molecule has 0 bridgehead atoms. The number of carbonyl (C=O) groups is 2. The number of nitrogens with zero attached hydrogens (tertiary/aromatic N) is 1. The van der Waals surface area contributed by atoms with Crippen LogP contribution in [0, 0.1) is 12.7 Å². The highest BCUT2D eigenvalue weighted by Gasteiger charge is 2.14. The Morgan fingerprint density at radius 2 is 1.87 bits per heavy atom. The minimum Gasteiger partial charge on any atom is -0.350 e. The van der Waals surface area contributed by atoms with Crippen molar-refractivity contribution in [2.24, 2.45) is 0 Å². The predicted octanol–water partition coefficient (Wildman–Crippen LogP) is 2.92. The van der Waals surface area contributed by atoms with E-state index in [0.717, 1.165) is 11.3 Å². The van der Waals surface area contributed by atoms with Crippen molar-refractivity contribution < 1.29 is 14.0 Å². The highest BCUT2D eigenvalue weighted by atomic mass is 19.1. The van der Waals surface area contributed by atoms with Gasteiger partial charge in [-0.05, 0) is 36.8 Å². The molecule has 0 saturated carbocycles. The Hall–Kier alpha value is -2.69. The third-order valence-corrected chi connectivity index (χ3v) is 3.49. The summed E-state index contributed by atoms with van der Waals surface area (Å²) in [6, 6.07) is 13.1. The van der Waals surface area contributed by atoms with Crippen LogP contribution in [0.3, 0.4) is 0 Å². The molecule has 5 heteroatoms. The van der Waals surface area contributed by atoms with Gasteiger partial charge in [-0.2, -0.15) is 0 Å².